The molecule has 1 amide bonds. The molecule has 0 saturated heterocycles. The number of carbonyl (C=O) groups is 1. The Morgan fingerprint density at radius 2 is 2.39 bits per heavy atom. The van der Waals surface area contributed by atoms with Gasteiger partial charge in [-0.25, -0.2) is 9.18 Å². The summed E-state index contributed by atoms with van der Waals surface area (Å²) < 4.78 is 20.0. The third-order valence-corrected chi connectivity index (χ3v) is 5.52. The zero-order valence-corrected chi connectivity index (χ0v) is 13.4. The summed E-state index contributed by atoms with van der Waals surface area (Å²) in [7, 11) is 1.62. The normalized spacial score (nSPS) is 29.7. The van der Waals surface area contributed by atoms with Crippen LogP contribution in [0.15, 0.2) is 23.2 Å². The predicted molar refractivity (Wildman–Crippen MR) is 87.1 cm³/mol. The zero-order chi connectivity index (χ0) is 16.6. The Balaban J connectivity index is 2.11. The molecular weight excluding hydrogens is 321 g/mol. The minimum atomic E-state index is -1.18. The van der Waals surface area contributed by atoms with Crippen molar-refractivity contribution >= 4 is 28.7 Å². The average molecular weight is 339 g/mol. The van der Waals surface area contributed by atoms with Gasteiger partial charge in [-0.05, 0) is 24.6 Å². The Morgan fingerprint density at radius 3 is 3.09 bits per heavy atom. The number of rotatable bonds is 2. The van der Waals surface area contributed by atoms with Crippen LogP contribution in [-0.4, -0.2) is 35.3 Å². The van der Waals surface area contributed by atoms with E-state index >= 15 is 0 Å². The monoisotopic (exact) mass is 339 g/mol. The number of carboxylic acid groups (broad SMARTS) is 1. The van der Waals surface area contributed by atoms with Crippen LogP contribution in [0.4, 0.5) is 14.9 Å². The van der Waals surface area contributed by atoms with Crippen molar-refractivity contribution < 1.29 is 19.0 Å². The minimum Gasteiger partial charge on any atom is -0.465 e. The predicted octanol–water partition coefficient (Wildman–Crippen LogP) is 2.40. The van der Waals surface area contributed by atoms with E-state index in [-0.39, 0.29) is 23.0 Å². The first-order chi connectivity index (χ1) is 10.9. The smallest absolute Gasteiger partial charge is 0.410 e. The molecule has 4 N–H and O–H groups in total. The highest BCUT2D eigenvalue weighted by molar-refractivity contribution is 8.13. The van der Waals surface area contributed by atoms with Gasteiger partial charge in [0.05, 0.1) is 11.6 Å². The standard InChI is InChI=1S/C15H18FN3O3S/c1-22-10-4-8-7-23-13(18-14(20)21)19-15(8,6-10)11-5-9(17)2-3-12(11)16/h2-3,5,8,10H,4,6-7,17H2,1H3,(H,18,19)(H,20,21)/t8-,10+,15-/m0/s1. The molecule has 1 aliphatic heterocycles. The molecule has 1 saturated carbocycles. The van der Waals surface area contributed by atoms with E-state index in [0.29, 0.717) is 23.4 Å². The first kappa shape index (κ1) is 16.1. The van der Waals surface area contributed by atoms with Crippen LogP contribution in [0, 0.1) is 11.7 Å². The molecule has 1 aliphatic carbocycles. The van der Waals surface area contributed by atoms with Crippen LogP contribution in [-0.2, 0) is 10.3 Å². The Labute approximate surface area is 137 Å². The number of halogens is 1. The number of anilines is 1. The van der Waals surface area contributed by atoms with E-state index < -0.39 is 11.6 Å². The Morgan fingerprint density at radius 1 is 1.61 bits per heavy atom. The van der Waals surface area contributed by atoms with Gasteiger partial charge >= 0.3 is 6.09 Å². The lowest BCUT2D eigenvalue weighted by molar-refractivity contribution is 0.102. The number of amides is 1. The van der Waals surface area contributed by atoms with Crippen LogP contribution in [0.25, 0.3) is 0 Å². The highest BCUT2D eigenvalue weighted by Gasteiger charge is 2.52. The molecule has 0 radical (unpaired) electrons. The number of amidine groups is 1. The average Bonchev–Trinajstić information content (AvgIpc) is 2.88. The summed E-state index contributed by atoms with van der Waals surface area (Å²) in [5, 5.41) is 11.5. The number of thioether (sulfide) groups is 1. The van der Waals surface area contributed by atoms with Gasteiger partial charge in [-0.2, -0.15) is 0 Å². The second kappa shape index (κ2) is 6.01. The summed E-state index contributed by atoms with van der Waals surface area (Å²) in [5.41, 5.74) is 5.86. The maximum Gasteiger partial charge on any atom is 0.410 e. The maximum absolute atomic E-state index is 14.5. The number of fused-ring (bicyclic) bond motifs is 1. The third-order valence-electron chi connectivity index (χ3n) is 4.49. The second-order valence-corrected chi connectivity index (χ2v) is 6.82. The number of hydrogen-bond donors (Lipinski definition) is 3. The van der Waals surface area contributed by atoms with E-state index in [1.807, 2.05) is 0 Å². The fraction of sp³-hybridized carbons (Fsp3) is 0.467. The fourth-order valence-corrected chi connectivity index (χ4v) is 4.60. The Bertz CT molecular complexity index is 669. The quantitative estimate of drug-likeness (QED) is 0.719. The lowest BCUT2D eigenvalue weighted by atomic mass is 9.81. The van der Waals surface area contributed by atoms with Crippen molar-refractivity contribution in [1.82, 2.24) is 5.32 Å². The number of hydrogen-bond acceptors (Lipinski definition) is 5. The van der Waals surface area contributed by atoms with Crippen molar-refractivity contribution in [3.8, 4) is 0 Å². The number of ether oxygens (including phenoxy) is 1. The third kappa shape index (κ3) is 2.88. The van der Waals surface area contributed by atoms with Gasteiger partial charge in [0.25, 0.3) is 0 Å². The molecule has 23 heavy (non-hydrogen) atoms. The topological polar surface area (TPSA) is 96.9 Å². The molecule has 1 aromatic rings. The van der Waals surface area contributed by atoms with Gasteiger partial charge in [0.1, 0.15) is 5.82 Å². The molecule has 3 atom stereocenters. The summed E-state index contributed by atoms with van der Waals surface area (Å²) >= 11 is 1.33. The first-order valence-corrected chi connectivity index (χ1v) is 8.24. The van der Waals surface area contributed by atoms with Gasteiger partial charge in [0.2, 0.25) is 0 Å². The minimum absolute atomic E-state index is 0.0469. The fourth-order valence-electron chi connectivity index (χ4n) is 3.45. The van der Waals surface area contributed by atoms with Crippen LogP contribution < -0.4 is 11.1 Å². The molecule has 0 unspecified atom stereocenters. The van der Waals surface area contributed by atoms with Crippen molar-refractivity contribution in [3.05, 3.63) is 29.6 Å². The number of nitrogens with one attached hydrogen (secondary N) is 1. The molecule has 124 valence electrons. The molecular formula is C15H18FN3O3S. The molecule has 1 fully saturated rings. The van der Waals surface area contributed by atoms with E-state index in [2.05, 4.69) is 10.3 Å². The number of nitrogens with zero attached hydrogens (tertiary/aromatic N) is 1. The van der Waals surface area contributed by atoms with Crippen molar-refractivity contribution in [3.63, 3.8) is 0 Å². The zero-order valence-electron chi connectivity index (χ0n) is 12.6. The molecule has 0 bridgehead atoms. The van der Waals surface area contributed by atoms with Gasteiger partial charge in [-0.3, -0.25) is 10.3 Å². The van der Waals surface area contributed by atoms with Gasteiger partial charge < -0.3 is 15.6 Å². The molecule has 2 aliphatic rings. The van der Waals surface area contributed by atoms with Gasteiger partial charge in [0.15, 0.2) is 5.17 Å². The van der Waals surface area contributed by atoms with E-state index in [9.17, 15) is 9.18 Å². The lowest BCUT2D eigenvalue weighted by Crippen LogP contribution is -2.40. The molecule has 6 nitrogen and oxygen atoms in total. The molecule has 3 rings (SSSR count). The number of benzene rings is 1. The number of nitrogen functional groups attached to an aromatic ring is 1. The number of methoxy groups -OCH3 is 1. The summed E-state index contributed by atoms with van der Waals surface area (Å²) in [4.78, 5) is 15.5. The van der Waals surface area contributed by atoms with E-state index in [4.69, 9.17) is 15.6 Å². The second-order valence-electron chi connectivity index (χ2n) is 5.82. The Kier molecular flexibility index (Phi) is 4.20. The van der Waals surface area contributed by atoms with Crippen LogP contribution in [0.1, 0.15) is 18.4 Å². The first-order valence-electron chi connectivity index (χ1n) is 7.25. The van der Waals surface area contributed by atoms with Crippen molar-refractivity contribution in [2.24, 2.45) is 10.9 Å². The summed E-state index contributed by atoms with van der Waals surface area (Å²) in [6.45, 7) is 0. The number of nitrogens with two attached hydrogens (primary N) is 1. The Hall–Kier alpha value is -1.80. The molecule has 8 heteroatoms. The maximum atomic E-state index is 14.5. The van der Waals surface area contributed by atoms with Crippen LogP contribution >= 0.6 is 11.8 Å². The molecule has 0 spiro atoms. The van der Waals surface area contributed by atoms with Gasteiger partial charge in [0, 0.05) is 36.5 Å². The van der Waals surface area contributed by atoms with Gasteiger partial charge in [-0.1, -0.05) is 11.8 Å². The van der Waals surface area contributed by atoms with E-state index in [0.717, 1.165) is 6.42 Å². The van der Waals surface area contributed by atoms with E-state index in [1.54, 1.807) is 13.2 Å². The highest BCUT2D eigenvalue weighted by Crippen LogP contribution is 2.52. The highest BCUT2D eigenvalue weighted by atomic mass is 32.2. The molecule has 1 aromatic carbocycles. The summed E-state index contributed by atoms with van der Waals surface area (Å²) in [6.07, 6.45) is 0.0233. The van der Waals surface area contributed by atoms with Crippen molar-refractivity contribution in [1.29, 1.82) is 0 Å². The van der Waals surface area contributed by atoms with Crippen molar-refractivity contribution in [2.45, 2.75) is 24.5 Å². The number of aliphatic imine (C=N–C) groups is 1. The van der Waals surface area contributed by atoms with E-state index in [1.165, 1.54) is 23.9 Å². The van der Waals surface area contributed by atoms with Crippen LogP contribution in [0.2, 0.25) is 0 Å². The molecule has 0 aromatic heterocycles. The van der Waals surface area contributed by atoms with Crippen LogP contribution in [0.3, 0.4) is 0 Å². The SMILES string of the molecule is CO[C@@H]1C[C@H]2CSC(NC(=O)O)=N[C@@]2(c2cc(N)ccc2F)C1. The largest absolute Gasteiger partial charge is 0.465 e. The van der Waals surface area contributed by atoms with Crippen LogP contribution in [0.5, 0.6) is 0 Å². The summed E-state index contributed by atoms with van der Waals surface area (Å²) in [6, 6.07) is 4.43. The summed E-state index contributed by atoms with van der Waals surface area (Å²) in [5.74, 6) is 0.326. The molecule has 1 heterocycles. The van der Waals surface area contributed by atoms with Gasteiger partial charge in [-0.15, -0.1) is 0 Å². The lowest BCUT2D eigenvalue weighted by Gasteiger charge is -2.36. The van der Waals surface area contributed by atoms with Crippen molar-refractivity contribution in [2.75, 3.05) is 18.6 Å².